The van der Waals surface area contributed by atoms with Crippen molar-refractivity contribution < 1.29 is 18.0 Å². The first-order valence-electron chi connectivity index (χ1n) is 13.1. The molecule has 1 amide bonds. The molecule has 0 aliphatic heterocycles. The molecule has 0 fully saturated rings. The third kappa shape index (κ3) is 8.52. The highest BCUT2D eigenvalue weighted by atomic mass is 35.5. The molecule has 0 spiro atoms. The fourth-order valence-corrected chi connectivity index (χ4v) is 5.19. The lowest BCUT2D eigenvalue weighted by Gasteiger charge is -2.37. The highest BCUT2D eigenvalue weighted by Gasteiger charge is 2.42. The van der Waals surface area contributed by atoms with Gasteiger partial charge in [0.1, 0.15) is 11.5 Å². The summed E-state index contributed by atoms with van der Waals surface area (Å²) in [4.78, 5) is 22.0. The van der Waals surface area contributed by atoms with Crippen LogP contribution in [0.1, 0.15) is 50.7 Å². The first-order valence-corrected chi connectivity index (χ1v) is 16.8. The van der Waals surface area contributed by atoms with Crippen LogP contribution in [0.25, 0.3) is 11.1 Å². The molecule has 0 aliphatic rings. The van der Waals surface area contributed by atoms with Gasteiger partial charge in [-0.1, -0.05) is 56.1 Å². The van der Waals surface area contributed by atoms with Gasteiger partial charge in [-0.3, -0.25) is 4.79 Å². The van der Waals surface area contributed by atoms with Gasteiger partial charge in [-0.2, -0.15) is 0 Å². The van der Waals surface area contributed by atoms with Gasteiger partial charge < -0.3 is 19.6 Å². The molecule has 1 aromatic carbocycles. The van der Waals surface area contributed by atoms with Gasteiger partial charge in [0.2, 0.25) is 0 Å². The second-order valence-electron chi connectivity index (χ2n) is 11.8. The zero-order valence-electron chi connectivity index (χ0n) is 24.0. The van der Waals surface area contributed by atoms with E-state index in [-0.39, 0.29) is 23.3 Å². The van der Waals surface area contributed by atoms with E-state index in [0.717, 1.165) is 4.90 Å². The van der Waals surface area contributed by atoms with Gasteiger partial charge in [-0.15, -0.1) is 0 Å². The maximum absolute atomic E-state index is 15.4. The molecule has 0 radical (unpaired) electrons. The van der Waals surface area contributed by atoms with Gasteiger partial charge in [0, 0.05) is 41.1 Å². The molecule has 3 aromatic rings. The summed E-state index contributed by atoms with van der Waals surface area (Å²) in [5.74, 6) is -3.22. The summed E-state index contributed by atoms with van der Waals surface area (Å²) < 4.78 is 36.5. The number of carbonyl (C=O) groups is 1. The van der Waals surface area contributed by atoms with Gasteiger partial charge in [0.25, 0.3) is 11.8 Å². The van der Waals surface area contributed by atoms with E-state index in [4.69, 9.17) is 27.6 Å². The smallest absolute Gasteiger partial charge is 0.286 e. The fraction of sp³-hybridized carbons (Fsp3) is 0.448. The number of aromatic nitrogens is 2. The zero-order valence-corrected chi connectivity index (χ0v) is 26.6. The van der Waals surface area contributed by atoms with Crippen molar-refractivity contribution in [2.75, 3.05) is 18.5 Å². The van der Waals surface area contributed by atoms with E-state index >= 15 is 8.78 Å². The maximum atomic E-state index is 15.4. The van der Waals surface area contributed by atoms with E-state index in [0.29, 0.717) is 32.6 Å². The van der Waals surface area contributed by atoms with Crippen molar-refractivity contribution in [1.29, 1.82) is 0 Å². The molecular formula is C29H38Cl2F2N4O2Si. The Labute approximate surface area is 246 Å². The molecule has 3 rings (SSSR count). The average Bonchev–Trinajstić information content (AvgIpc) is 3.32. The van der Waals surface area contributed by atoms with Crippen molar-refractivity contribution in [1.82, 2.24) is 14.9 Å². The van der Waals surface area contributed by atoms with Crippen LogP contribution in [0.5, 0.6) is 0 Å². The second kappa shape index (κ2) is 12.6. The molecule has 0 aliphatic carbocycles. The number of anilines is 1. The third-order valence-electron chi connectivity index (χ3n) is 6.94. The van der Waals surface area contributed by atoms with E-state index in [1.165, 1.54) is 6.20 Å². The van der Waals surface area contributed by atoms with Crippen LogP contribution in [0.2, 0.25) is 28.2 Å². The fourth-order valence-electron chi connectivity index (χ4n) is 3.76. The first-order chi connectivity index (χ1) is 18.5. The minimum atomic E-state index is -3.27. The number of benzene rings is 1. The lowest BCUT2D eigenvalue weighted by Crippen LogP contribution is -2.48. The van der Waals surface area contributed by atoms with Crippen molar-refractivity contribution in [3.05, 3.63) is 70.1 Å². The molecule has 2 aromatic heterocycles. The number of H-pyrrole nitrogens is 1. The van der Waals surface area contributed by atoms with Crippen LogP contribution in [0.15, 0.2) is 48.8 Å². The van der Waals surface area contributed by atoms with E-state index < -0.39 is 33.3 Å². The summed E-state index contributed by atoms with van der Waals surface area (Å²) in [6, 6.07) is 10.4. The monoisotopic (exact) mass is 610 g/mol. The Balaban J connectivity index is 1.89. The van der Waals surface area contributed by atoms with E-state index in [9.17, 15) is 4.79 Å². The van der Waals surface area contributed by atoms with Crippen LogP contribution in [-0.2, 0) is 11.0 Å². The van der Waals surface area contributed by atoms with Gasteiger partial charge in [0.15, 0.2) is 8.32 Å². The normalized spacial score (nSPS) is 12.6. The molecule has 40 heavy (non-hydrogen) atoms. The lowest BCUT2D eigenvalue weighted by molar-refractivity contribution is -0.0647. The highest BCUT2D eigenvalue weighted by Crippen LogP contribution is 2.37. The number of halogens is 4. The van der Waals surface area contributed by atoms with Crippen LogP contribution in [-0.4, -0.2) is 54.2 Å². The summed E-state index contributed by atoms with van der Waals surface area (Å²) in [5, 5.41) is 3.85. The summed E-state index contributed by atoms with van der Waals surface area (Å²) >= 11 is 12.5. The van der Waals surface area contributed by atoms with Crippen molar-refractivity contribution in [3.8, 4) is 11.1 Å². The molecule has 0 atom stereocenters. The summed E-state index contributed by atoms with van der Waals surface area (Å²) in [6.45, 7) is 12.2. The second-order valence-corrected chi connectivity index (χ2v) is 17.5. The molecule has 2 N–H and O–H groups in total. The van der Waals surface area contributed by atoms with Crippen LogP contribution >= 0.6 is 23.2 Å². The molecule has 0 bridgehead atoms. The quantitative estimate of drug-likeness (QED) is 0.213. The predicted molar refractivity (Wildman–Crippen MR) is 162 cm³/mol. The Hall–Kier alpha value is -2.46. The van der Waals surface area contributed by atoms with Crippen LogP contribution in [0, 0.1) is 0 Å². The highest BCUT2D eigenvalue weighted by molar-refractivity contribution is 6.74. The van der Waals surface area contributed by atoms with Gasteiger partial charge >= 0.3 is 0 Å². The predicted octanol–water partition coefficient (Wildman–Crippen LogP) is 8.50. The van der Waals surface area contributed by atoms with Crippen molar-refractivity contribution in [3.63, 3.8) is 0 Å². The zero-order chi connectivity index (χ0) is 29.9. The molecule has 6 nitrogen and oxygen atoms in total. The largest absolute Gasteiger partial charge is 0.411 e. The number of aromatic amines is 1. The minimum Gasteiger partial charge on any atom is -0.411 e. The molecular weight excluding hydrogens is 573 g/mol. The number of nitrogens with one attached hydrogen (secondary N) is 2. The van der Waals surface area contributed by atoms with E-state index in [2.05, 4.69) is 15.3 Å². The summed E-state index contributed by atoms with van der Waals surface area (Å²) in [7, 11) is -2.42. The van der Waals surface area contributed by atoms with Gasteiger partial charge in [-0.05, 0) is 61.8 Å². The number of carbonyl (C=O) groups excluding carboxylic acids is 1. The molecule has 2 heterocycles. The molecule has 0 saturated carbocycles. The SMILES string of the molecule is CC(C)Nc1cc(-c2c[nH]c(C(=O)N(Cc3cccc(Cl)c3)CC(F)(F)CO[Si](C)(C)C(C)(C)C)c2)c(Cl)cn1. The topological polar surface area (TPSA) is 70.2 Å². The average molecular weight is 612 g/mol. The van der Waals surface area contributed by atoms with E-state index in [1.807, 2.05) is 47.7 Å². The number of hydrogen-bond acceptors (Lipinski definition) is 4. The maximum Gasteiger partial charge on any atom is 0.286 e. The number of amides is 1. The Kier molecular flexibility index (Phi) is 10.1. The Morgan fingerprint density at radius 1 is 1.18 bits per heavy atom. The molecule has 0 saturated heterocycles. The van der Waals surface area contributed by atoms with E-state index in [1.54, 1.807) is 42.6 Å². The Bertz CT molecular complexity index is 1330. The Morgan fingerprint density at radius 2 is 1.88 bits per heavy atom. The van der Waals surface area contributed by atoms with Crippen molar-refractivity contribution in [2.45, 2.75) is 71.3 Å². The number of pyridine rings is 1. The summed E-state index contributed by atoms with van der Waals surface area (Å²) in [5.41, 5.74) is 2.09. The van der Waals surface area contributed by atoms with Crippen LogP contribution in [0.3, 0.4) is 0 Å². The number of alkyl halides is 2. The van der Waals surface area contributed by atoms with Gasteiger partial charge in [0.05, 0.1) is 18.2 Å². The number of rotatable bonds is 11. The lowest BCUT2D eigenvalue weighted by atomic mass is 10.1. The molecule has 218 valence electrons. The first kappa shape index (κ1) is 32.1. The molecule has 11 heteroatoms. The van der Waals surface area contributed by atoms with Gasteiger partial charge in [-0.25, -0.2) is 13.8 Å². The number of hydrogen-bond donors (Lipinski definition) is 2. The van der Waals surface area contributed by atoms with Crippen LogP contribution in [0.4, 0.5) is 14.6 Å². The molecule has 0 unspecified atom stereocenters. The number of nitrogens with zero attached hydrogens (tertiary/aromatic N) is 2. The van der Waals surface area contributed by atoms with Crippen molar-refractivity contribution >= 4 is 43.2 Å². The van der Waals surface area contributed by atoms with Crippen molar-refractivity contribution in [2.24, 2.45) is 0 Å². The standard InChI is InChI=1S/C29H38Cl2F2N4O2Si/c1-19(2)36-26-13-23(24(31)15-35-26)21-12-25(34-14-21)27(38)37(16-20-9-8-10-22(30)11-20)17-29(32,33)18-39-40(6,7)28(3,4)5/h8-15,19,34H,16-18H2,1-7H3,(H,35,36). The third-order valence-corrected chi connectivity index (χ3v) is 12.0. The Morgan fingerprint density at radius 3 is 2.50 bits per heavy atom. The van der Waals surface area contributed by atoms with Crippen LogP contribution < -0.4 is 5.32 Å². The minimum absolute atomic E-state index is 0.0537. The summed E-state index contributed by atoms with van der Waals surface area (Å²) in [6.07, 6.45) is 3.16.